The molecule has 4 heteroatoms. The summed E-state index contributed by atoms with van der Waals surface area (Å²) >= 11 is 3.53. The largest absolute Gasteiger partial charge is 0.184 e. The molecule has 0 fully saturated rings. The molecule has 0 aliphatic carbocycles. The maximum atomic E-state index is 4.99. The van der Waals surface area contributed by atoms with Crippen molar-refractivity contribution in [2.45, 2.75) is 78.2 Å². The van der Waals surface area contributed by atoms with Crippen molar-refractivity contribution >= 4 is 27.0 Å². The van der Waals surface area contributed by atoms with E-state index in [0.29, 0.717) is 0 Å². The van der Waals surface area contributed by atoms with Crippen LogP contribution in [0.3, 0.4) is 0 Å². The van der Waals surface area contributed by atoms with Crippen molar-refractivity contribution in [3.8, 4) is 22.3 Å². The van der Waals surface area contributed by atoms with Gasteiger partial charge in [-0.25, -0.2) is 0 Å². The number of aryl methyl sites for hydroxylation is 1. The van der Waals surface area contributed by atoms with E-state index in [4.69, 9.17) is 10.2 Å². The van der Waals surface area contributed by atoms with Gasteiger partial charge >= 0.3 is 0 Å². The van der Waals surface area contributed by atoms with Gasteiger partial charge in [0.25, 0.3) is 0 Å². The summed E-state index contributed by atoms with van der Waals surface area (Å²) in [5, 5.41) is 11.0. The third kappa shape index (κ3) is 5.86. The number of aromatic nitrogens is 3. The molecule has 1 heterocycles. The fourth-order valence-corrected chi connectivity index (χ4v) is 4.82. The van der Waals surface area contributed by atoms with Crippen molar-refractivity contribution in [1.29, 1.82) is 0 Å². The molecule has 0 aliphatic heterocycles. The van der Waals surface area contributed by atoms with E-state index in [1.165, 1.54) is 35.1 Å². The molecule has 184 valence electrons. The molecule has 0 amide bonds. The second-order valence-corrected chi connectivity index (χ2v) is 12.4. The summed E-state index contributed by atoms with van der Waals surface area (Å²) in [5.41, 5.74) is 9.55. The van der Waals surface area contributed by atoms with Crippen molar-refractivity contribution < 1.29 is 0 Å². The number of alkyl halides is 1. The second kappa shape index (κ2) is 10.3. The molecule has 4 aromatic rings. The van der Waals surface area contributed by atoms with Crippen molar-refractivity contribution in [2.75, 3.05) is 5.33 Å². The highest BCUT2D eigenvalue weighted by Gasteiger charge is 2.18. The first-order valence-corrected chi connectivity index (χ1v) is 13.9. The molecular weight excluding hydrogens is 494 g/mol. The smallest absolute Gasteiger partial charge is 0.121 e. The molecule has 3 nitrogen and oxygen atoms in total. The monoisotopic (exact) mass is 531 g/mol. The average molecular weight is 533 g/mol. The summed E-state index contributed by atoms with van der Waals surface area (Å²) in [6.07, 6.45) is 3.43. The van der Waals surface area contributed by atoms with E-state index in [1.807, 2.05) is 4.80 Å². The third-order valence-electron chi connectivity index (χ3n) is 6.70. The first-order chi connectivity index (χ1) is 16.6. The number of hydrogen-bond acceptors (Lipinski definition) is 2. The van der Waals surface area contributed by atoms with Gasteiger partial charge in [-0.05, 0) is 45.9 Å². The highest BCUT2D eigenvalue weighted by Crippen LogP contribution is 2.35. The standard InChI is InChI=1S/C31H38BrN3/c1-30(2,3)24-14-10-22(11-15-24)26-18-19-27(23-12-16-25(17-13-23)31(4,5)6)29-28(26)33-35(34-29)21-9-7-8-20-32/h10-19H,7-9,20-21H2,1-6H3. The summed E-state index contributed by atoms with van der Waals surface area (Å²) in [7, 11) is 0. The summed E-state index contributed by atoms with van der Waals surface area (Å²) in [4.78, 5) is 1.90. The Kier molecular flexibility index (Phi) is 7.51. The van der Waals surface area contributed by atoms with Gasteiger partial charge in [-0.3, -0.25) is 0 Å². The Morgan fingerprint density at radius 2 is 1.03 bits per heavy atom. The van der Waals surface area contributed by atoms with Crippen LogP contribution in [0.4, 0.5) is 0 Å². The van der Waals surface area contributed by atoms with Crippen LogP contribution in [0.15, 0.2) is 60.7 Å². The lowest BCUT2D eigenvalue weighted by molar-refractivity contribution is 0.503. The summed E-state index contributed by atoms with van der Waals surface area (Å²) < 4.78 is 0. The molecule has 0 radical (unpaired) electrons. The molecule has 3 aromatic carbocycles. The van der Waals surface area contributed by atoms with E-state index in [-0.39, 0.29) is 10.8 Å². The molecule has 0 N–H and O–H groups in total. The predicted molar refractivity (Wildman–Crippen MR) is 153 cm³/mol. The minimum atomic E-state index is 0.134. The molecule has 0 bridgehead atoms. The van der Waals surface area contributed by atoms with Crippen LogP contribution in [0.1, 0.15) is 71.9 Å². The predicted octanol–water partition coefficient (Wildman–Crippen LogP) is 8.93. The van der Waals surface area contributed by atoms with E-state index in [2.05, 4.69) is 118 Å². The van der Waals surface area contributed by atoms with E-state index in [0.717, 1.165) is 40.5 Å². The van der Waals surface area contributed by atoms with Gasteiger partial charge in [0.1, 0.15) is 11.0 Å². The molecule has 35 heavy (non-hydrogen) atoms. The van der Waals surface area contributed by atoms with Crippen molar-refractivity contribution in [3.63, 3.8) is 0 Å². The highest BCUT2D eigenvalue weighted by molar-refractivity contribution is 9.09. The maximum Gasteiger partial charge on any atom is 0.121 e. The zero-order valence-corrected chi connectivity index (χ0v) is 23.6. The van der Waals surface area contributed by atoms with Crippen LogP contribution in [-0.4, -0.2) is 20.3 Å². The lowest BCUT2D eigenvalue weighted by Crippen LogP contribution is -2.10. The van der Waals surface area contributed by atoms with Crippen LogP contribution in [0.5, 0.6) is 0 Å². The number of halogens is 1. The van der Waals surface area contributed by atoms with Crippen molar-refractivity contribution in [2.24, 2.45) is 0 Å². The molecule has 0 atom stereocenters. The zero-order valence-electron chi connectivity index (χ0n) is 22.0. The second-order valence-electron chi connectivity index (χ2n) is 11.6. The minimum absolute atomic E-state index is 0.134. The number of benzene rings is 3. The molecule has 4 rings (SSSR count). The highest BCUT2D eigenvalue weighted by atomic mass is 79.9. The van der Waals surface area contributed by atoms with Gasteiger partial charge in [0.2, 0.25) is 0 Å². The van der Waals surface area contributed by atoms with Gasteiger partial charge in [0.15, 0.2) is 0 Å². The molecule has 0 unspecified atom stereocenters. The van der Waals surface area contributed by atoms with Gasteiger partial charge in [-0.15, -0.1) is 0 Å². The van der Waals surface area contributed by atoms with Crippen LogP contribution in [-0.2, 0) is 17.4 Å². The van der Waals surface area contributed by atoms with Crippen LogP contribution in [0.25, 0.3) is 33.3 Å². The van der Waals surface area contributed by atoms with Gasteiger partial charge in [0.05, 0.1) is 6.54 Å². The molecular formula is C31H38BrN3. The summed E-state index contributed by atoms with van der Waals surface area (Å²) in [6, 6.07) is 22.3. The first kappa shape index (κ1) is 25.6. The van der Waals surface area contributed by atoms with Crippen LogP contribution in [0, 0.1) is 0 Å². The normalized spacial score (nSPS) is 12.4. The van der Waals surface area contributed by atoms with E-state index >= 15 is 0 Å². The zero-order chi connectivity index (χ0) is 25.2. The van der Waals surface area contributed by atoms with Gasteiger partial charge in [0, 0.05) is 16.5 Å². The molecule has 1 aromatic heterocycles. The van der Waals surface area contributed by atoms with Gasteiger partial charge in [-0.2, -0.15) is 15.0 Å². The molecule has 0 spiro atoms. The number of hydrogen-bond donors (Lipinski definition) is 0. The van der Waals surface area contributed by atoms with Crippen molar-refractivity contribution in [1.82, 2.24) is 15.0 Å². The quantitative estimate of drug-likeness (QED) is 0.176. The number of unbranched alkanes of at least 4 members (excludes halogenated alkanes) is 2. The van der Waals surface area contributed by atoms with Gasteiger partial charge in [-0.1, -0.05) is 125 Å². The lowest BCUT2D eigenvalue weighted by atomic mass is 9.85. The molecule has 0 aliphatic rings. The Balaban J connectivity index is 1.78. The third-order valence-corrected chi connectivity index (χ3v) is 7.26. The van der Waals surface area contributed by atoms with E-state index < -0.39 is 0 Å². The number of nitrogens with zero attached hydrogens (tertiary/aromatic N) is 3. The van der Waals surface area contributed by atoms with E-state index in [1.54, 1.807) is 0 Å². The summed E-state index contributed by atoms with van der Waals surface area (Å²) in [5.74, 6) is 0. The Labute approximate surface area is 219 Å². The first-order valence-electron chi connectivity index (χ1n) is 12.7. The molecule has 0 saturated carbocycles. The fourth-order valence-electron chi connectivity index (χ4n) is 4.43. The minimum Gasteiger partial charge on any atom is -0.184 e. The van der Waals surface area contributed by atoms with E-state index in [9.17, 15) is 0 Å². The number of fused-ring (bicyclic) bond motifs is 1. The SMILES string of the molecule is CC(C)(C)c1ccc(-c2ccc(-c3ccc(C(C)(C)C)cc3)c3nn(CCCCCBr)nc23)cc1. The van der Waals surface area contributed by atoms with Crippen LogP contribution >= 0.6 is 15.9 Å². The van der Waals surface area contributed by atoms with Crippen LogP contribution in [0.2, 0.25) is 0 Å². The Morgan fingerprint density at radius 3 is 1.40 bits per heavy atom. The molecule has 0 saturated heterocycles. The number of rotatable bonds is 7. The topological polar surface area (TPSA) is 30.7 Å². The average Bonchev–Trinajstić information content (AvgIpc) is 3.24. The van der Waals surface area contributed by atoms with Crippen molar-refractivity contribution in [3.05, 3.63) is 71.8 Å². The Morgan fingerprint density at radius 1 is 0.600 bits per heavy atom. The maximum absolute atomic E-state index is 4.99. The lowest BCUT2D eigenvalue weighted by Gasteiger charge is -2.19. The fraction of sp³-hybridized carbons (Fsp3) is 0.419. The van der Waals surface area contributed by atoms with Crippen LogP contribution < -0.4 is 0 Å². The summed E-state index contributed by atoms with van der Waals surface area (Å²) in [6.45, 7) is 14.3. The Bertz CT molecular complexity index is 1180. The van der Waals surface area contributed by atoms with Gasteiger partial charge < -0.3 is 0 Å². The Hall–Kier alpha value is -2.46.